The third-order valence-electron chi connectivity index (χ3n) is 4.04. The Bertz CT molecular complexity index is 916. The maximum Gasteiger partial charge on any atom is 0.152 e. The van der Waals surface area contributed by atoms with E-state index in [0.717, 1.165) is 22.3 Å². The molecular formula is C20H16OS3. The van der Waals surface area contributed by atoms with Gasteiger partial charge in [0.05, 0.1) is 0 Å². The molecule has 1 unspecified atom stereocenters. The first-order valence-corrected chi connectivity index (χ1v) is 11.6. The molecule has 4 rings (SSSR count). The predicted molar refractivity (Wildman–Crippen MR) is 111 cm³/mol. The lowest BCUT2D eigenvalue weighted by Crippen LogP contribution is -1.97. The van der Waals surface area contributed by atoms with E-state index in [9.17, 15) is 4.79 Å². The van der Waals surface area contributed by atoms with E-state index < -0.39 is 0 Å². The normalized spacial score (nSPS) is 19.5. The van der Waals surface area contributed by atoms with Gasteiger partial charge in [-0.3, -0.25) is 4.79 Å². The fraction of sp³-hybridized carbons (Fsp3) is 0.100. The van der Waals surface area contributed by atoms with Crippen LogP contribution in [0.4, 0.5) is 0 Å². The number of carbonyl (C=O) groups excluding carboxylic acids is 1. The molecule has 0 N–H and O–H groups in total. The molecule has 0 spiro atoms. The highest BCUT2D eigenvalue weighted by Crippen LogP contribution is 2.64. The van der Waals surface area contributed by atoms with E-state index in [0.29, 0.717) is 0 Å². The van der Waals surface area contributed by atoms with E-state index >= 15 is 0 Å². The lowest BCUT2D eigenvalue weighted by Gasteiger charge is -2.08. The predicted octanol–water partition coefficient (Wildman–Crippen LogP) is 6.02. The van der Waals surface area contributed by atoms with Crippen molar-refractivity contribution >= 4 is 51.1 Å². The van der Waals surface area contributed by atoms with Crippen molar-refractivity contribution in [2.45, 2.75) is 13.8 Å². The minimum absolute atomic E-state index is 0.0176. The van der Waals surface area contributed by atoms with Crippen molar-refractivity contribution in [3.8, 4) is 0 Å². The summed E-state index contributed by atoms with van der Waals surface area (Å²) in [4.78, 5) is 15.3. The van der Waals surface area contributed by atoms with E-state index in [-0.39, 0.29) is 8.55 Å². The van der Waals surface area contributed by atoms with E-state index in [1.165, 1.54) is 26.5 Å². The standard InChI is InChI=1S/C20H16OS3/c1-13-3-7-15(8-4-13)18-11-19-17(12-21)20(23-24(19)22-18)16-9-5-14(2)6-10-16/h3-12H,1-2H3. The Hall–Kier alpha value is -1.49. The van der Waals surface area contributed by atoms with Crippen molar-refractivity contribution in [2.24, 2.45) is 0 Å². The number of benzene rings is 2. The van der Waals surface area contributed by atoms with Crippen LogP contribution < -0.4 is 0 Å². The maximum atomic E-state index is 11.8. The third kappa shape index (κ3) is 2.83. The first-order valence-electron chi connectivity index (χ1n) is 7.69. The molecule has 0 saturated heterocycles. The number of aryl methyl sites for hydroxylation is 2. The molecule has 0 saturated carbocycles. The molecular weight excluding hydrogens is 352 g/mol. The van der Waals surface area contributed by atoms with Crippen molar-refractivity contribution < 1.29 is 4.79 Å². The molecule has 2 aromatic carbocycles. The van der Waals surface area contributed by atoms with Crippen molar-refractivity contribution in [1.29, 1.82) is 0 Å². The van der Waals surface area contributed by atoms with Crippen LogP contribution in [0.1, 0.15) is 22.3 Å². The number of hydrogen-bond donors (Lipinski definition) is 0. The highest BCUT2D eigenvalue weighted by atomic mass is 33.5. The van der Waals surface area contributed by atoms with Gasteiger partial charge in [-0.25, -0.2) is 0 Å². The van der Waals surface area contributed by atoms with Gasteiger partial charge in [0.15, 0.2) is 6.29 Å². The minimum atomic E-state index is -0.0176. The largest absolute Gasteiger partial charge is 0.298 e. The molecule has 2 aromatic rings. The lowest BCUT2D eigenvalue weighted by atomic mass is 10.1. The molecule has 0 bridgehead atoms. The molecule has 0 radical (unpaired) electrons. The number of hydrogen-bond acceptors (Lipinski definition) is 3. The molecule has 24 heavy (non-hydrogen) atoms. The Morgan fingerprint density at radius 3 is 2.00 bits per heavy atom. The fourth-order valence-electron chi connectivity index (χ4n) is 2.65. The van der Waals surface area contributed by atoms with Crippen molar-refractivity contribution in [3.05, 3.63) is 82.4 Å². The summed E-state index contributed by atoms with van der Waals surface area (Å²) in [5, 5.41) is 0. The quantitative estimate of drug-likeness (QED) is 0.375. The van der Waals surface area contributed by atoms with Gasteiger partial charge in [-0.05, 0) is 31.1 Å². The third-order valence-corrected chi connectivity index (χ3v) is 10.4. The van der Waals surface area contributed by atoms with Gasteiger partial charge >= 0.3 is 0 Å². The van der Waals surface area contributed by atoms with Gasteiger partial charge in [0.25, 0.3) is 0 Å². The second kappa shape index (κ2) is 6.43. The summed E-state index contributed by atoms with van der Waals surface area (Å²) >= 11 is 0. The van der Waals surface area contributed by atoms with Gasteiger partial charge < -0.3 is 0 Å². The molecule has 2 aliphatic heterocycles. The molecule has 1 nitrogen and oxygen atoms in total. The molecule has 0 aromatic heterocycles. The van der Waals surface area contributed by atoms with E-state index in [1.807, 2.05) is 21.6 Å². The van der Waals surface area contributed by atoms with Gasteiger partial charge in [0, 0.05) is 20.2 Å². The summed E-state index contributed by atoms with van der Waals surface area (Å²) in [5.41, 5.74) is 5.75. The fourth-order valence-corrected chi connectivity index (χ4v) is 9.72. The monoisotopic (exact) mass is 368 g/mol. The summed E-state index contributed by atoms with van der Waals surface area (Å²) in [6.45, 7) is 4.18. The lowest BCUT2D eigenvalue weighted by molar-refractivity contribution is -0.104. The maximum absolute atomic E-state index is 11.8. The summed E-state index contributed by atoms with van der Waals surface area (Å²) in [6.07, 6.45) is 3.23. The van der Waals surface area contributed by atoms with Gasteiger partial charge in [-0.15, -0.1) is 0 Å². The SMILES string of the molecule is Cc1ccc(C2=CC3=S(S2)SC(c2ccc(C)cc2)=C3C=O)cc1. The molecule has 4 heteroatoms. The molecule has 2 aliphatic rings. The zero-order valence-electron chi connectivity index (χ0n) is 13.4. The van der Waals surface area contributed by atoms with Gasteiger partial charge in [0.2, 0.25) is 0 Å². The van der Waals surface area contributed by atoms with Crippen LogP contribution in [0.2, 0.25) is 0 Å². The first kappa shape index (κ1) is 16.0. The number of allylic oxidation sites excluding steroid dienone is 2. The first-order chi connectivity index (χ1) is 11.7. The highest BCUT2D eigenvalue weighted by Gasteiger charge is 2.30. The molecule has 1 atom stereocenters. The van der Waals surface area contributed by atoms with Crippen LogP contribution in [0.25, 0.3) is 9.81 Å². The van der Waals surface area contributed by atoms with Crippen LogP contribution in [0.3, 0.4) is 0 Å². The van der Waals surface area contributed by atoms with E-state index in [1.54, 1.807) is 0 Å². The Labute approximate surface area is 152 Å². The van der Waals surface area contributed by atoms with Crippen LogP contribution in [-0.4, -0.2) is 11.2 Å². The van der Waals surface area contributed by atoms with Gasteiger partial charge in [-0.1, -0.05) is 89.8 Å². The van der Waals surface area contributed by atoms with Crippen LogP contribution in [0.5, 0.6) is 0 Å². The van der Waals surface area contributed by atoms with Crippen LogP contribution in [0.15, 0.2) is 60.2 Å². The van der Waals surface area contributed by atoms with Crippen molar-refractivity contribution in [2.75, 3.05) is 0 Å². The number of aldehydes is 1. The smallest absolute Gasteiger partial charge is 0.152 e. The van der Waals surface area contributed by atoms with Crippen LogP contribution in [0, 0.1) is 13.8 Å². The summed E-state index contributed by atoms with van der Waals surface area (Å²) in [7, 11) is 3.68. The van der Waals surface area contributed by atoms with Crippen LogP contribution in [-0.2, 0) is 4.79 Å². The van der Waals surface area contributed by atoms with Crippen molar-refractivity contribution in [3.63, 3.8) is 0 Å². The van der Waals surface area contributed by atoms with Gasteiger partial charge in [0.1, 0.15) is 0 Å². The zero-order chi connectivity index (χ0) is 16.7. The van der Waals surface area contributed by atoms with Crippen molar-refractivity contribution in [1.82, 2.24) is 0 Å². The topological polar surface area (TPSA) is 17.1 Å². The Balaban J connectivity index is 1.70. The molecule has 0 fully saturated rings. The second-order valence-electron chi connectivity index (χ2n) is 5.87. The molecule has 0 aliphatic carbocycles. The minimum Gasteiger partial charge on any atom is -0.298 e. The summed E-state index contributed by atoms with van der Waals surface area (Å²) < 4.78 is 0. The number of rotatable bonds is 3. The van der Waals surface area contributed by atoms with Crippen LogP contribution >= 0.6 is 30.1 Å². The zero-order valence-corrected chi connectivity index (χ0v) is 15.9. The average molecular weight is 369 g/mol. The Morgan fingerprint density at radius 1 is 0.833 bits per heavy atom. The summed E-state index contributed by atoms with van der Waals surface area (Å²) in [6, 6.07) is 17.0. The van der Waals surface area contributed by atoms with E-state index in [2.05, 4.69) is 68.5 Å². The molecule has 0 amide bonds. The second-order valence-corrected chi connectivity index (χ2v) is 11.6. The number of carbonyl (C=O) groups is 1. The average Bonchev–Trinajstić information content (AvgIpc) is 3.13. The summed E-state index contributed by atoms with van der Waals surface area (Å²) in [5.74, 6) is 0. The Kier molecular flexibility index (Phi) is 4.29. The molecule has 2 heterocycles. The van der Waals surface area contributed by atoms with E-state index in [4.69, 9.17) is 0 Å². The Morgan fingerprint density at radius 2 is 1.42 bits per heavy atom. The van der Waals surface area contributed by atoms with Gasteiger partial charge in [-0.2, -0.15) is 0 Å². The highest BCUT2D eigenvalue weighted by molar-refractivity contribution is 9.19. The molecule has 120 valence electrons.